The third-order valence-electron chi connectivity index (χ3n) is 8.47. The van der Waals surface area contributed by atoms with E-state index in [9.17, 15) is 24.6 Å². The maximum absolute atomic E-state index is 13.9. The minimum Gasteiger partial charge on any atom is -0.493 e. The first kappa shape index (κ1) is 28.9. The van der Waals surface area contributed by atoms with Crippen molar-refractivity contribution in [3.05, 3.63) is 70.9 Å². The third-order valence-corrected chi connectivity index (χ3v) is 8.47. The highest BCUT2D eigenvalue weighted by molar-refractivity contribution is 5.96. The smallest absolute Gasteiger partial charge is 0.252 e. The Bertz CT molecular complexity index is 1530. The number of aromatic nitrogens is 1. The van der Waals surface area contributed by atoms with Crippen LogP contribution in [0.4, 0.5) is 0 Å². The number of hydrogen-bond donors (Lipinski definition) is 4. The van der Waals surface area contributed by atoms with E-state index >= 15 is 0 Å². The molecule has 43 heavy (non-hydrogen) atoms. The minimum absolute atomic E-state index is 0.0190. The van der Waals surface area contributed by atoms with E-state index in [4.69, 9.17) is 14.2 Å². The second-order valence-corrected chi connectivity index (χ2v) is 11.1. The maximum atomic E-state index is 13.9. The highest BCUT2D eigenvalue weighted by atomic mass is 16.5. The van der Waals surface area contributed by atoms with Crippen molar-refractivity contribution in [1.29, 1.82) is 0 Å². The number of amides is 2. The molecule has 5 unspecified atom stereocenters. The van der Waals surface area contributed by atoms with E-state index in [1.807, 2.05) is 30.3 Å². The highest BCUT2D eigenvalue weighted by Crippen LogP contribution is 2.51. The number of aliphatic hydroxyl groups is 2. The highest BCUT2D eigenvalue weighted by Gasteiger charge is 2.52. The fourth-order valence-corrected chi connectivity index (χ4v) is 6.43. The molecule has 6 rings (SSSR count). The van der Waals surface area contributed by atoms with Crippen LogP contribution in [-0.4, -0.2) is 96.0 Å². The number of ether oxygens (including phenoxy) is 3. The molecule has 1 saturated heterocycles. The van der Waals surface area contributed by atoms with E-state index in [-0.39, 0.29) is 31.2 Å². The van der Waals surface area contributed by atoms with Gasteiger partial charge in [0, 0.05) is 54.0 Å². The Balaban J connectivity index is 1.39. The number of aromatic amines is 1. The molecule has 226 valence electrons. The molecule has 1 fully saturated rings. The number of nitrogens with one attached hydrogen (secondary N) is 2. The fraction of sp³-hybridized carbons (Fsp3) is 0.406. The lowest BCUT2D eigenvalue weighted by molar-refractivity contribution is -0.146. The van der Waals surface area contributed by atoms with Crippen molar-refractivity contribution in [1.82, 2.24) is 15.2 Å². The van der Waals surface area contributed by atoms with Crippen molar-refractivity contribution in [2.75, 3.05) is 33.4 Å². The van der Waals surface area contributed by atoms with Gasteiger partial charge in [-0.3, -0.25) is 14.4 Å². The van der Waals surface area contributed by atoms with Crippen molar-refractivity contribution in [3.63, 3.8) is 0 Å². The van der Waals surface area contributed by atoms with Crippen molar-refractivity contribution in [2.45, 2.75) is 49.5 Å². The van der Waals surface area contributed by atoms with Gasteiger partial charge in [-0.05, 0) is 48.6 Å². The van der Waals surface area contributed by atoms with Gasteiger partial charge in [0.2, 0.25) is 5.91 Å². The lowest BCUT2D eigenvalue weighted by Gasteiger charge is -2.41. The molecule has 11 nitrogen and oxygen atoms in total. The number of carbonyl (C=O) groups excluding carboxylic acids is 3. The number of aldehydes is 1. The van der Waals surface area contributed by atoms with Crippen molar-refractivity contribution < 1.29 is 38.8 Å². The van der Waals surface area contributed by atoms with Gasteiger partial charge >= 0.3 is 0 Å². The van der Waals surface area contributed by atoms with Gasteiger partial charge in [-0.1, -0.05) is 18.2 Å². The topological polar surface area (TPSA) is 150 Å². The Morgan fingerprint density at radius 3 is 2.79 bits per heavy atom. The quantitative estimate of drug-likeness (QED) is 0.262. The van der Waals surface area contributed by atoms with Crippen LogP contribution in [0.1, 0.15) is 40.4 Å². The molecule has 3 heterocycles. The van der Waals surface area contributed by atoms with Crippen molar-refractivity contribution in [2.24, 2.45) is 0 Å². The summed E-state index contributed by atoms with van der Waals surface area (Å²) in [4.78, 5) is 44.2. The SMILES string of the molecule is COc1cc(C=O)cc2c1OC1C2C(C(=O)NCCO)=CC(N(CCc2cc3ccccc3[nH]2)C(=O)C2CCCO2)C1O. The predicted octanol–water partition coefficient (Wildman–Crippen LogP) is 1.86. The Kier molecular flexibility index (Phi) is 8.20. The van der Waals surface area contributed by atoms with Crippen LogP contribution in [0.15, 0.2) is 54.1 Å². The van der Waals surface area contributed by atoms with Gasteiger partial charge in [0.05, 0.1) is 25.7 Å². The number of carbonyl (C=O) groups is 3. The van der Waals surface area contributed by atoms with Crippen LogP contribution < -0.4 is 14.8 Å². The number of hydrogen-bond acceptors (Lipinski definition) is 8. The minimum atomic E-state index is -1.22. The monoisotopic (exact) mass is 589 g/mol. The summed E-state index contributed by atoms with van der Waals surface area (Å²) in [7, 11) is 1.45. The van der Waals surface area contributed by atoms with Gasteiger partial charge in [0.1, 0.15) is 24.6 Å². The first-order chi connectivity index (χ1) is 20.9. The second kappa shape index (κ2) is 12.2. The van der Waals surface area contributed by atoms with E-state index in [1.165, 1.54) is 13.2 Å². The van der Waals surface area contributed by atoms with Gasteiger partial charge in [-0.25, -0.2) is 0 Å². The Hall–Kier alpha value is -4.19. The third kappa shape index (κ3) is 5.39. The van der Waals surface area contributed by atoms with Crippen LogP contribution in [0.3, 0.4) is 0 Å². The largest absolute Gasteiger partial charge is 0.493 e. The van der Waals surface area contributed by atoms with Crippen LogP contribution in [0, 0.1) is 0 Å². The summed E-state index contributed by atoms with van der Waals surface area (Å²) in [6.07, 6.45) is 1.29. The number of H-pyrrole nitrogens is 1. The number of fused-ring (bicyclic) bond motifs is 4. The first-order valence-electron chi connectivity index (χ1n) is 14.5. The van der Waals surface area contributed by atoms with Gasteiger partial charge in [-0.15, -0.1) is 0 Å². The van der Waals surface area contributed by atoms with E-state index < -0.39 is 36.2 Å². The second-order valence-electron chi connectivity index (χ2n) is 11.1. The summed E-state index contributed by atoms with van der Waals surface area (Å²) in [5, 5.41) is 25.0. The molecule has 2 amide bonds. The summed E-state index contributed by atoms with van der Waals surface area (Å²) in [5.74, 6) is -0.827. The molecule has 0 bridgehead atoms. The predicted molar refractivity (Wildman–Crippen MR) is 156 cm³/mol. The van der Waals surface area contributed by atoms with E-state index in [1.54, 1.807) is 17.0 Å². The zero-order valence-electron chi connectivity index (χ0n) is 23.8. The molecule has 3 aromatic rings. The molecule has 1 aromatic heterocycles. The summed E-state index contributed by atoms with van der Waals surface area (Å²) in [5.41, 5.74) is 3.05. The van der Waals surface area contributed by atoms with Gasteiger partial charge in [0.25, 0.3) is 5.91 Å². The number of para-hydroxylation sites is 1. The molecule has 5 atom stereocenters. The zero-order valence-corrected chi connectivity index (χ0v) is 23.8. The summed E-state index contributed by atoms with van der Waals surface area (Å²) < 4.78 is 17.5. The average Bonchev–Trinajstić information content (AvgIpc) is 3.79. The molecule has 11 heteroatoms. The maximum Gasteiger partial charge on any atom is 0.252 e. The zero-order chi connectivity index (χ0) is 30.1. The lowest BCUT2D eigenvalue weighted by atomic mass is 9.77. The number of aliphatic hydroxyl groups excluding tert-OH is 2. The van der Waals surface area contributed by atoms with E-state index in [0.717, 1.165) is 23.0 Å². The Labute approximate surface area is 248 Å². The van der Waals surface area contributed by atoms with Crippen LogP contribution in [0.5, 0.6) is 11.5 Å². The number of methoxy groups -OCH3 is 1. The summed E-state index contributed by atoms with van der Waals surface area (Å²) >= 11 is 0. The molecular weight excluding hydrogens is 554 g/mol. The molecule has 0 saturated carbocycles. The molecule has 1 aliphatic carbocycles. The Morgan fingerprint density at radius 2 is 2.07 bits per heavy atom. The molecule has 0 spiro atoms. The van der Waals surface area contributed by atoms with Crippen molar-refractivity contribution >= 4 is 29.0 Å². The average molecular weight is 590 g/mol. The molecular formula is C32H35N3O8. The standard InChI is InChI=1S/C32H35N3O8/c1-41-26-14-18(17-37)13-21-27-22(31(39)33-9-11-36)16-24(28(38)30(27)43-29(21)26)35(32(40)25-7-4-12-42-25)10-8-20-15-19-5-2-3-6-23(19)34-20/h2-3,5-6,13-17,24-25,27-28,30,34,36,38H,4,7-12H2,1H3,(H,33,39). The summed E-state index contributed by atoms with van der Waals surface area (Å²) in [6, 6.07) is 12.2. The normalized spacial score (nSPS) is 24.1. The van der Waals surface area contributed by atoms with Crippen LogP contribution in [-0.2, 0) is 20.7 Å². The van der Waals surface area contributed by atoms with Crippen LogP contribution in [0.25, 0.3) is 10.9 Å². The molecule has 3 aliphatic rings. The molecule has 2 aromatic carbocycles. The first-order valence-corrected chi connectivity index (χ1v) is 14.5. The fourth-order valence-electron chi connectivity index (χ4n) is 6.43. The number of nitrogens with zero attached hydrogens (tertiary/aromatic N) is 1. The number of rotatable bonds is 10. The number of benzene rings is 2. The molecule has 4 N–H and O–H groups in total. The molecule has 0 radical (unpaired) electrons. The van der Waals surface area contributed by atoms with Crippen molar-refractivity contribution in [3.8, 4) is 11.5 Å². The lowest BCUT2D eigenvalue weighted by Crippen LogP contribution is -2.57. The van der Waals surface area contributed by atoms with E-state index in [0.29, 0.717) is 48.4 Å². The Morgan fingerprint density at radius 1 is 1.23 bits per heavy atom. The molecule has 2 aliphatic heterocycles. The van der Waals surface area contributed by atoms with Gasteiger partial charge < -0.3 is 39.6 Å². The van der Waals surface area contributed by atoms with Crippen LogP contribution >= 0.6 is 0 Å². The van der Waals surface area contributed by atoms with Crippen LogP contribution in [0.2, 0.25) is 0 Å². The summed E-state index contributed by atoms with van der Waals surface area (Å²) in [6.45, 7) is 0.485. The van der Waals surface area contributed by atoms with Gasteiger partial charge in [-0.2, -0.15) is 0 Å². The van der Waals surface area contributed by atoms with E-state index in [2.05, 4.69) is 10.3 Å². The van der Waals surface area contributed by atoms with Gasteiger partial charge in [0.15, 0.2) is 11.5 Å².